The van der Waals surface area contributed by atoms with E-state index in [1.54, 1.807) is 12.1 Å². The fourth-order valence-electron chi connectivity index (χ4n) is 1.77. The Morgan fingerprint density at radius 1 is 1.12 bits per heavy atom. The lowest BCUT2D eigenvalue weighted by Crippen LogP contribution is -2.06. The highest BCUT2D eigenvalue weighted by Crippen LogP contribution is 2.34. The maximum Gasteiger partial charge on any atom is 0.417 e. The summed E-state index contributed by atoms with van der Waals surface area (Å²) in [6.45, 7) is 3.90. The van der Waals surface area contributed by atoms with Gasteiger partial charge >= 0.3 is 6.18 Å². The number of aromatic nitrogens is 1. The van der Waals surface area contributed by atoms with Crippen LogP contribution in [0.15, 0.2) is 30.5 Å². The average Bonchev–Trinajstić information content (AvgIpc) is 2.26. The standard InChI is InChI=1S/C13H12F3N/c1-8(2)9-3-4-12-10(7-9)11(5-6-17-12)13(14,15)16/h3-8H,1-2H3. The number of alkyl halides is 3. The molecule has 0 saturated carbocycles. The number of nitrogens with zero attached hydrogens (tertiary/aromatic N) is 1. The molecule has 0 aliphatic heterocycles. The van der Waals surface area contributed by atoms with Crippen LogP contribution < -0.4 is 0 Å². The van der Waals surface area contributed by atoms with Gasteiger partial charge in [-0.15, -0.1) is 0 Å². The average molecular weight is 239 g/mol. The third-order valence-electron chi connectivity index (χ3n) is 2.74. The fraction of sp³-hybridized carbons (Fsp3) is 0.308. The molecule has 1 heterocycles. The van der Waals surface area contributed by atoms with Gasteiger partial charge in [0.05, 0.1) is 11.1 Å². The predicted octanol–water partition coefficient (Wildman–Crippen LogP) is 4.38. The molecule has 0 bridgehead atoms. The first-order valence-corrected chi connectivity index (χ1v) is 5.35. The molecule has 0 aliphatic carbocycles. The summed E-state index contributed by atoms with van der Waals surface area (Å²) in [5, 5.41) is 0.172. The van der Waals surface area contributed by atoms with Crippen molar-refractivity contribution in [2.24, 2.45) is 0 Å². The van der Waals surface area contributed by atoms with Crippen molar-refractivity contribution in [1.82, 2.24) is 4.98 Å². The number of pyridine rings is 1. The summed E-state index contributed by atoms with van der Waals surface area (Å²) in [6, 6.07) is 6.06. The van der Waals surface area contributed by atoms with Crippen LogP contribution in [0.25, 0.3) is 10.9 Å². The Hall–Kier alpha value is -1.58. The SMILES string of the molecule is CC(C)c1ccc2nccc(C(F)(F)F)c2c1. The molecular formula is C13H12F3N. The van der Waals surface area contributed by atoms with Crippen LogP contribution >= 0.6 is 0 Å². The largest absolute Gasteiger partial charge is 0.417 e. The first-order chi connectivity index (χ1) is 7.89. The van der Waals surface area contributed by atoms with E-state index in [2.05, 4.69) is 4.98 Å². The molecule has 0 amide bonds. The zero-order valence-electron chi connectivity index (χ0n) is 9.55. The Bertz CT molecular complexity index is 544. The van der Waals surface area contributed by atoms with Crippen LogP contribution in [-0.2, 0) is 6.18 Å². The first kappa shape index (κ1) is 11.9. The molecule has 1 aromatic carbocycles. The second-order valence-corrected chi connectivity index (χ2v) is 4.29. The monoisotopic (exact) mass is 239 g/mol. The highest BCUT2D eigenvalue weighted by atomic mass is 19.4. The zero-order chi connectivity index (χ0) is 12.6. The van der Waals surface area contributed by atoms with Gasteiger partial charge < -0.3 is 0 Å². The van der Waals surface area contributed by atoms with E-state index in [4.69, 9.17) is 0 Å². The van der Waals surface area contributed by atoms with Crippen molar-refractivity contribution in [1.29, 1.82) is 0 Å². The number of benzene rings is 1. The second kappa shape index (κ2) is 4.02. The molecule has 90 valence electrons. The van der Waals surface area contributed by atoms with Crippen LogP contribution in [0.2, 0.25) is 0 Å². The molecule has 0 unspecified atom stereocenters. The van der Waals surface area contributed by atoms with Crippen molar-refractivity contribution < 1.29 is 13.2 Å². The summed E-state index contributed by atoms with van der Waals surface area (Å²) in [4.78, 5) is 3.96. The highest BCUT2D eigenvalue weighted by Gasteiger charge is 2.32. The molecule has 0 aliphatic rings. The minimum Gasteiger partial charge on any atom is -0.256 e. The molecule has 0 atom stereocenters. The minimum absolute atomic E-state index is 0.172. The van der Waals surface area contributed by atoms with E-state index in [0.717, 1.165) is 11.6 Å². The normalized spacial score (nSPS) is 12.4. The van der Waals surface area contributed by atoms with E-state index >= 15 is 0 Å². The van der Waals surface area contributed by atoms with Crippen LogP contribution in [-0.4, -0.2) is 4.98 Å². The van der Waals surface area contributed by atoms with Crippen molar-refractivity contribution >= 4 is 10.9 Å². The highest BCUT2D eigenvalue weighted by molar-refractivity contribution is 5.83. The van der Waals surface area contributed by atoms with E-state index < -0.39 is 11.7 Å². The number of rotatable bonds is 1. The summed E-state index contributed by atoms with van der Waals surface area (Å²) >= 11 is 0. The summed E-state index contributed by atoms with van der Waals surface area (Å²) in [5.74, 6) is 0.195. The summed E-state index contributed by atoms with van der Waals surface area (Å²) in [6.07, 6.45) is -3.14. The second-order valence-electron chi connectivity index (χ2n) is 4.29. The van der Waals surface area contributed by atoms with E-state index in [-0.39, 0.29) is 11.3 Å². The fourth-order valence-corrected chi connectivity index (χ4v) is 1.77. The molecule has 1 nitrogen and oxygen atoms in total. The van der Waals surface area contributed by atoms with Crippen LogP contribution in [0.1, 0.15) is 30.9 Å². The Kier molecular flexibility index (Phi) is 2.81. The van der Waals surface area contributed by atoms with E-state index in [1.807, 2.05) is 19.9 Å². The molecule has 2 rings (SSSR count). The van der Waals surface area contributed by atoms with Gasteiger partial charge in [-0.2, -0.15) is 13.2 Å². The lowest BCUT2D eigenvalue weighted by molar-refractivity contribution is -0.136. The third kappa shape index (κ3) is 2.25. The molecule has 0 fully saturated rings. The molecular weight excluding hydrogens is 227 g/mol. The quantitative estimate of drug-likeness (QED) is 0.719. The topological polar surface area (TPSA) is 12.9 Å². The smallest absolute Gasteiger partial charge is 0.256 e. The lowest BCUT2D eigenvalue weighted by Gasteiger charge is -2.12. The zero-order valence-corrected chi connectivity index (χ0v) is 9.55. The Balaban J connectivity index is 2.73. The maximum atomic E-state index is 12.8. The molecule has 0 radical (unpaired) electrons. The van der Waals surface area contributed by atoms with Crippen LogP contribution in [0.5, 0.6) is 0 Å². The van der Waals surface area contributed by atoms with Crippen molar-refractivity contribution in [3.8, 4) is 0 Å². The molecule has 0 spiro atoms. The van der Waals surface area contributed by atoms with Gasteiger partial charge in [-0.05, 0) is 29.7 Å². The van der Waals surface area contributed by atoms with Crippen molar-refractivity contribution in [2.75, 3.05) is 0 Å². The van der Waals surface area contributed by atoms with E-state index in [9.17, 15) is 13.2 Å². The van der Waals surface area contributed by atoms with Gasteiger partial charge in [0.2, 0.25) is 0 Å². The summed E-state index contributed by atoms with van der Waals surface area (Å²) in [7, 11) is 0. The molecule has 1 aromatic heterocycles. The van der Waals surface area contributed by atoms with Crippen LogP contribution in [0, 0.1) is 0 Å². The number of halogens is 3. The van der Waals surface area contributed by atoms with E-state index in [1.165, 1.54) is 6.20 Å². The molecule has 4 heteroatoms. The third-order valence-corrected chi connectivity index (χ3v) is 2.74. The van der Waals surface area contributed by atoms with Crippen molar-refractivity contribution in [2.45, 2.75) is 25.9 Å². The molecule has 17 heavy (non-hydrogen) atoms. The molecule has 2 aromatic rings. The minimum atomic E-state index is -4.34. The number of fused-ring (bicyclic) bond motifs is 1. The number of hydrogen-bond acceptors (Lipinski definition) is 1. The van der Waals surface area contributed by atoms with Gasteiger partial charge in [-0.1, -0.05) is 19.9 Å². The maximum absolute atomic E-state index is 12.8. The lowest BCUT2D eigenvalue weighted by atomic mass is 9.99. The molecule has 0 saturated heterocycles. The van der Waals surface area contributed by atoms with E-state index in [0.29, 0.717) is 5.52 Å². The Morgan fingerprint density at radius 2 is 1.82 bits per heavy atom. The van der Waals surface area contributed by atoms with Crippen LogP contribution in [0.4, 0.5) is 13.2 Å². The van der Waals surface area contributed by atoms with Gasteiger partial charge in [0, 0.05) is 11.6 Å². The number of hydrogen-bond donors (Lipinski definition) is 0. The summed E-state index contributed by atoms with van der Waals surface area (Å²) in [5.41, 5.74) is 0.644. The predicted molar refractivity (Wildman–Crippen MR) is 60.8 cm³/mol. The van der Waals surface area contributed by atoms with Gasteiger partial charge in [-0.25, -0.2) is 0 Å². The Labute approximate surface area is 97.3 Å². The van der Waals surface area contributed by atoms with Gasteiger partial charge in [0.1, 0.15) is 0 Å². The molecule has 0 N–H and O–H groups in total. The van der Waals surface area contributed by atoms with Gasteiger partial charge in [0.15, 0.2) is 0 Å². The first-order valence-electron chi connectivity index (χ1n) is 5.35. The van der Waals surface area contributed by atoms with Crippen LogP contribution in [0.3, 0.4) is 0 Å². The van der Waals surface area contributed by atoms with Crippen molar-refractivity contribution in [3.05, 3.63) is 41.6 Å². The van der Waals surface area contributed by atoms with Gasteiger partial charge in [-0.3, -0.25) is 4.98 Å². The van der Waals surface area contributed by atoms with Crippen molar-refractivity contribution in [3.63, 3.8) is 0 Å². The Morgan fingerprint density at radius 3 is 2.41 bits per heavy atom. The van der Waals surface area contributed by atoms with Gasteiger partial charge in [0.25, 0.3) is 0 Å². The summed E-state index contributed by atoms with van der Waals surface area (Å²) < 4.78 is 38.5.